The number of nitrogens with one attached hydrogen (secondary N) is 2. The van der Waals surface area contributed by atoms with Crippen LogP contribution < -0.4 is 10.0 Å². The first-order chi connectivity index (χ1) is 18.8. The van der Waals surface area contributed by atoms with Crippen molar-refractivity contribution in [1.82, 2.24) is 4.90 Å². The molecule has 5 rings (SSSR count). The van der Waals surface area contributed by atoms with Crippen LogP contribution in [-0.4, -0.2) is 45.5 Å². The van der Waals surface area contributed by atoms with Gasteiger partial charge in [-0.25, -0.2) is 17.2 Å². The molecule has 0 aliphatic carbocycles. The first-order valence-electron chi connectivity index (χ1n) is 11.9. The number of amidine groups is 1. The Bertz CT molecular complexity index is 1760. The fourth-order valence-corrected chi connectivity index (χ4v) is 6.42. The molecule has 1 fully saturated rings. The molecule has 2 heterocycles. The van der Waals surface area contributed by atoms with Gasteiger partial charge in [-0.05, 0) is 53.6 Å². The molecule has 0 bridgehead atoms. The van der Waals surface area contributed by atoms with Crippen LogP contribution in [-0.2, 0) is 36.2 Å². The maximum absolute atomic E-state index is 13.9. The molecule has 0 radical (unpaired) electrons. The summed E-state index contributed by atoms with van der Waals surface area (Å²) < 4.78 is 82.3. The summed E-state index contributed by atoms with van der Waals surface area (Å²) >= 11 is 0. The summed E-state index contributed by atoms with van der Waals surface area (Å²) in [7, 11) is -8.12. The number of nitrogens with zero attached hydrogens (tertiary/aromatic N) is 2. The lowest BCUT2D eigenvalue weighted by Crippen LogP contribution is -2.52. The van der Waals surface area contributed by atoms with Crippen molar-refractivity contribution in [1.29, 1.82) is 0 Å². The molecule has 3 aromatic carbocycles. The number of sulfonamides is 2. The van der Waals surface area contributed by atoms with Gasteiger partial charge in [0.15, 0.2) is 11.7 Å². The van der Waals surface area contributed by atoms with Crippen LogP contribution in [0.5, 0.6) is 0 Å². The highest BCUT2D eigenvalue weighted by Crippen LogP contribution is 2.37. The van der Waals surface area contributed by atoms with Gasteiger partial charge in [0.1, 0.15) is 22.4 Å². The molecule has 14 heteroatoms. The second-order valence-corrected chi connectivity index (χ2v) is 12.7. The van der Waals surface area contributed by atoms with Crippen molar-refractivity contribution in [2.45, 2.75) is 23.9 Å². The average molecular weight is 589 g/mol. The molecule has 1 saturated heterocycles. The summed E-state index contributed by atoms with van der Waals surface area (Å²) in [4.78, 5) is 28.2. The Morgan fingerprint density at radius 3 is 2.25 bits per heavy atom. The molecule has 10 nitrogen and oxygen atoms in total. The number of rotatable bonds is 6. The Morgan fingerprint density at radius 2 is 1.62 bits per heavy atom. The van der Waals surface area contributed by atoms with Gasteiger partial charge in [0.2, 0.25) is 15.9 Å². The average Bonchev–Trinajstić information content (AvgIpc) is 2.86. The van der Waals surface area contributed by atoms with E-state index in [0.717, 1.165) is 12.3 Å². The van der Waals surface area contributed by atoms with Crippen LogP contribution >= 0.6 is 0 Å². The summed E-state index contributed by atoms with van der Waals surface area (Å²) in [5, 5.41) is 2.75. The molecule has 208 valence electrons. The first-order valence-corrected chi connectivity index (χ1v) is 15.2. The number of hydrogen-bond donors (Lipinski definition) is 2. The number of fused-ring (bicyclic) bond motifs is 1. The van der Waals surface area contributed by atoms with Gasteiger partial charge in [-0.15, -0.1) is 4.40 Å². The van der Waals surface area contributed by atoms with Crippen LogP contribution in [0.3, 0.4) is 0 Å². The minimum Gasteiger partial charge on any atom is -0.341 e. The normalized spacial score (nSPS) is 20.4. The zero-order chi connectivity index (χ0) is 28.8. The second kappa shape index (κ2) is 10.1. The van der Waals surface area contributed by atoms with E-state index < -0.39 is 61.2 Å². The van der Waals surface area contributed by atoms with Gasteiger partial charge in [-0.3, -0.25) is 14.3 Å². The Hall–Kier alpha value is -4.17. The van der Waals surface area contributed by atoms with Crippen LogP contribution in [0.1, 0.15) is 23.6 Å². The number of carbonyl (C=O) groups excluding carboxylic acids is 2. The molecule has 2 unspecified atom stereocenters. The smallest absolute Gasteiger partial charge is 0.286 e. The standard InChI is InChI=1S/C26H22F2N4O6S2/c1-39(35,36)30-19-10-11-20-23(12-19)40(37,38)31-25(29-20)24-22(33)13-21(16-4-8-18(28)9-5-16)32(26(24)34)14-15-2-6-17(27)7-3-15/h2-12,21,24,30H,13-14H2,1H3,(H,29,31). The maximum Gasteiger partial charge on any atom is 0.286 e. The number of piperidine rings is 1. The molecule has 0 saturated carbocycles. The second-order valence-electron chi connectivity index (χ2n) is 9.43. The van der Waals surface area contributed by atoms with Crippen molar-refractivity contribution in [3.63, 3.8) is 0 Å². The molecule has 0 spiro atoms. The van der Waals surface area contributed by atoms with Crippen LogP contribution in [0, 0.1) is 17.6 Å². The number of halogens is 2. The number of ketones is 1. The SMILES string of the molecule is CS(=O)(=O)Nc1ccc2c(c1)S(=O)(=O)N=C(C1C(=O)CC(c3ccc(F)cc3)N(Cc3ccc(F)cc3)C1=O)N2. The van der Waals surface area contributed by atoms with Crippen molar-refractivity contribution < 1.29 is 35.2 Å². The van der Waals surface area contributed by atoms with E-state index in [4.69, 9.17) is 0 Å². The Kier molecular flexibility index (Phi) is 6.92. The minimum absolute atomic E-state index is 0.00962. The number of amides is 1. The van der Waals surface area contributed by atoms with E-state index >= 15 is 0 Å². The summed E-state index contributed by atoms with van der Waals surface area (Å²) in [5.74, 6) is -4.30. The molecule has 2 aliphatic rings. The fraction of sp³-hybridized carbons (Fsp3) is 0.192. The minimum atomic E-state index is -4.43. The topological polar surface area (TPSA) is 142 Å². The Labute approximate surface area is 228 Å². The van der Waals surface area contributed by atoms with Crippen LogP contribution in [0.25, 0.3) is 0 Å². The molecule has 1 amide bonds. The lowest BCUT2D eigenvalue weighted by molar-refractivity contribution is -0.147. The van der Waals surface area contributed by atoms with Crippen molar-refractivity contribution in [2.24, 2.45) is 10.3 Å². The molecule has 2 N–H and O–H groups in total. The molecular weight excluding hydrogens is 566 g/mol. The van der Waals surface area contributed by atoms with E-state index in [1.54, 1.807) is 0 Å². The van der Waals surface area contributed by atoms with Crippen molar-refractivity contribution in [3.8, 4) is 0 Å². The Morgan fingerprint density at radius 1 is 1.00 bits per heavy atom. The lowest BCUT2D eigenvalue weighted by Gasteiger charge is -2.39. The molecular formula is C26H22F2N4O6S2. The molecule has 0 aromatic heterocycles. The first kappa shape index (κ1) is 27.4. The predicted molar refractivity (Wildman–Crippen MR) is 142 cm³/mol. The van der Waals surface area contributed by atoms with Crippen molar-refractivity contribution in [2.75, 3.05) is 16.3 Å². The fourth-order valence-electron chi connectivity index (χ4n) is 4.68. The van der Waals surface area contributed by atoms with Gasteiger partial charge in [-0.1, -0.05) is 24.3 Å². The zero-order valence-electron chi connectivity index (χ0n) is 20.8. The van der Waals surface area contributed by atoms with Crippen LogP contribution in [0.2, 0.25) is 0 Å². The highest BCUT2D eigenvalue weighted by Gasteiger charge is 2.46. The summed E-state index contributed by atoms with van der Waals surface area (Å²) in [6.45, 7) is -0.0396. The van der Waals surface area contributed by atoms with E-state index in [1.165, 1.54) is 65.6 Å². The van der Waals surface area contributed by atoms with Gasteiger partial charge in [0, 0.05) is 18.7 Å². The van der Waals surface area contributed by atoms with Crippen LogP contribution in [0.4, 0.5) is 20.2 Å². The lowest BCUT2D eigenvalue weighted by atomic mass is 9.85. The third-order valence-electron chi connectivity index (χ3n) is 6.46. The molecule has 3 aromatic rings. The van der Waals surface area contributed by atoms with E-state index in [2.05, 4.69) is 14.4 Å². The van der Waals surface area contributed by atoms with E-state index in [0.29, 0.717) is 11.1 Å². The number of anilines is 2. The van der Waals surface area contributed by atoms with Gasteiger partial charge in [0.05, 0.1) is 18.0 Å². The summed E-state index contributed by atoms with van der Waals surface area (Å²) in [6, 6.07) is 13.6. The van der Waals surface area contributed by atoms with Gasteiger partial charge in [-0.2, -0.15) is 8.42 Å². The number of benzene rings is 3. The predicted octanol–water partition coefficient (Wildman–Crippen LogP) is 3.21. The highest BCUT2D eigenvalue weighted by atomic mass is 32.2. The largest absolute Gasteiger partial charge is 0.341 e. The monoisotopic (exact) mass is 588 g/mol. The Balaban J connectivity index is 1.51. The third-order valence-corrected chi connectivity index (χ3v) is 8.40. The maximum atomic E-state index is 13.9. The van der Waals surface area contributed by atoms with Gasteiger partial charge < -0.3 is 10.2 Å². The number of carbonyl (C=O) groups is 2. The number of likely N-dealkylation sites (tertiary alicyclic amines) is 1. The van der Waals surface area contributed by atoms with E-state index in [1.807, 2.05) is 0 Å². The quantitative estimate of drug-likeness (QED) is 0.421. The molecule has 2 atom stereocenters. The molecule has 2 aliphatic heterocycles. The zero-order valence-corrected chi connectivity index (χ0v) is 22.5. The summed E-state index contributed by atoms with van der Waals surface area (Å²) in [5.41, 5.74) is 1.04. The van der Waals surface area contributed by atoms with Crippen LogP contribution in [0.15, 0.2) is 76.0 Å². The van der Waals surface area contributed by atoms with Gasteiger partial charge in [0.25, 0.3) is 10.0 Å². The van der Waals surface area contributed by atoms with Crippen molar-refractivity contribution in [3.05, 3.63) is 89.5 Å². The molecule has 40 heavy (non-hydrogen) atoms. The summed E-state index contributed by atoms with van der Waals surface area (Å²) in [6.07, 6.45) is 0.695. The number of Topliss-reactive ketones (excluding diaryl/α,β-unsaturated/α-hetero) is 1. The van der Waals surface area contributed by atoms with Gasteiger partial charge >= 0.3 is 0 Å². The highest BCUT2D eigenvalue weighted by molar-refractivity contribution is 7.92. The third kappa shape index (κ3) is 5.58. The van der Waals surface area contributed by atoms with E-state index in [9.17, 15) is 35.2 Å². The van der Waals surface area contributed by atoms with E-state index in [-0.39, 0.29) is 29.2 Å². The number of hydrogen-bond acceptors (Lipinski definition) is 7. The van der Waals surface area contributed by atoms with Crippen molar-refractivity contribution >= 4 is 48.9 Å².